The van der Waals surface area contributed by atoms with E-state index < -0.39 is 0 Å². The first-order chi connectivity index (χ1) is 13.8. The van der Waals surface area contributed by atoms with Crippen LogP contribution in [0.15, 0.2) is 82.4 Å². The Morgan fingerprint density at radius 2 is 1.66 bits per heavy atom. The van der Waals surface area contributed by atoms with E-state index in [1.54, 1.807) is 13.3 Å². The van der Waals surface area contributed by atoms with Crippen LogP contribution in [-0.4, -0.2) is 19.6 Å². The van der Waals surface area contributed by atoms with Crippen LogP contribution >= 0.6 is 24.0 Å². The first-order valence-corrected chi connectivity index (χ1v) is 9.50. The molecule has 0 saturated heterocycles. The van der Waals surface area contributed by atoms with Crippen molar-refractivity contribution in [2.75, 3.05) is 13.6 Å². The van der Waals surface area contributed by atoms with Crippen molar-refractivity contribution >= 4 is 29.9 Å². The fourth-order valence-corrected chi connectivity index (χ4v) is 2.86. The van der Waals surface area contributed by atoms with Crippen LogP contribution in [0.25, 0.3) is 0 Å². The van der Waals surface area contributed by atoms with Crippen molar-refractivity contribution in [3.8, 4) is 0 Å². The number of furan rings is 1. The van der Waals surface area contributed by atoms with Crippen molar-refractivity contribution in [3.63, 3.8) is 0 Å². The molecule has 0 bridgehead atoms. The summed E-state index contributed by atoms with van der Waals surface area (Å²) < 4.78 is 11.2. The van der Waals surface area contributed by atoms with Gasteiger partial charge in [0.05, 0.1) is 19.5 Å². The number of aliphatic imine (C=N–C) groups is 1. The summed E-state index contributed by atoms with van der Waals surface area (Å²) in [5.74, 6) is 1.74. The monoisotopic (exact) mass is 505 g/mol. The minimum absolute atomic E-state index is 0. The van der Waals surface area contributed by atoms with Crippen LogP contribution in [0.2, 0.25) is 0 Å². The number of rotatable bonds is 9. The number of nitrogens with zero attached hydrogens (tertiary/aromatic N) is 1. The van der Waals surface area contributed by atoms with Gasteiger partial charge in [-0.15, -0.1) is 24.0 Å². The lowest BCUT2D eigenvalue weighted by Crippen LogP contribution is -2.37. The minimum atomic E-state index is 0. The molecule has 0 aliphatic rings. The maximum Gasteiger partial charge on any atom is 0.191 e. The van der Waals surface area contributed by atoms with Crippen molar-refractivity contribution in [1.82, 2.24) is 10.6 Å². The molecule has 0 saturated carbocycles. The molecule has 0 amide bonds. The Labute approximate surface area is 189 Å². The summed E-state index contributed by atoms with van der Waals surface area (Å²) in [6.45, 7) is 2.68. The molecule has 1 heterocycles. The number of ether oxygens (including phenoxy) is 1. The van der Waals surface area contributed by atoms with Gasteiger partial charge >= 0.3 is 0 Å². The maximum absolute atomic E-state index is 5.83. The molecule has 0 fully saturated rings. The Kier molecular flexibility index (Phi) is 10.3. The third-order valence-electron chi connectivity index (χ3n) is 4.30. The molecule has 1 aromatic heterocycles. The molecule has 3 rings (SSSR count). The zero-order valence-electron chi connectivity index (χ0n) is 16.6. The maximum atomic E-state index is 5.83. The van der Waals surface area contributed by atoms with Crippen LogP contribution in [0.3, 0.4) is 0 Å². The first kappa shape index (κ1) is 23.0. The van der Waals surface area contributed by atoms with Crippen molar-refractivity contribution in [3.05, 3.63) is 95.4 Å². The van der Waals surface area contributed by atoms with Crippen LogP contribution in [0, 0.1) is 0 Å². The second-order valence-electron chi connectivity index (χ2n) is 6.48. The van der Waals surface area contributed by atoms with Crippen LogP contribution in [0.5, 0.6) is 0 Å². The van der Waals surface area contributed by atoms with Gasteiger partial charge in [-0.25, -0.2) is 0 Å². The highest BCUT2D eigenvalue weighted by molar-refractivity contribution is 14.0. The Balaban J connectivity index is 0.00000300. The SMILES string of the molecule is CN=C(NCCc1ccco1)NCc1cccc(COCc2ccccc2)c1.I. The highest BCUT2D eigenvalue weighted by Gasteiger charge is 2.02. The zero-order valence-corrected chi connectivity index (χ0v) is 19.0. The van der Waals surface area contributed by atoms with Gasteiger partial charge in [0, 0.05) is 26.6 Å². The van der Waals surface area contributed by atoms with Gasteiger partial charge in [0.15, 0.2) is 5.96 Å². The van der Waals surface area contributed by atoms with E-state index in [1.165, 1.54) is 11.1 Å². The Morgan fingerprint density at radius 1 is 0.897 bits per heavy atom. The summed E-state index contributed by atoms with van der Waals surface area (Å²) >= 11 is 0. The predicted molar refractivity (Wildman–Crippen MR) is 127 cm³/mol. The number of nitrogens with one attached hydrogen (secondary N) is 2. The van der Waals surface area contributed by atoms with Crippen LogP contribution in [0.4, 0.5) is 0 Å². The molecule has 5 nitrogen and oxygen atoms in total. The van der Waals surface area contributed by atoms with Gasteiger partial charge in [-0.3, -0.25) is 4.99 Å². The highest BCUT2D eigenvalue weighted by atomic mass is 127. The lowest BCUT2D eigenvalue weighted by Gasteiger charge is -2.12. The van der Waals surface area contributed by atoms with E-state index in [-0.39, 0.29) is 24.0 Å². The summed E-state index contributed by atoms with van der Waals surface area (Å²) in [5, 5.41) is 6.64. The average Bonchev–Trinajstić information content (AvgIpc) is 3.25. The molecule has 0 spiro atoms. The number of hydrogen-bond acceptors (Lipinski definition) is 3. The molecule has 0 radical (unpaired) electrons. The summed E-state index contributed by atoms with van der Waals surface area (Å²) in [5.41, 5.74) is 3.54. The van der Waals surface area contributed by atoms with E-state index in [9.17, 15) is 0 Å². The van der Waals surface area contributed by atoms with Crippen molar-refractivity contribution in [2.45, 2.75) is 26.2 Å². The van der Waals surface area contributed by atoms with Crippen molar-refractivity contribution in [1.29, 1.82) is 0 Å². The quantitative estimate of drug-likeness (QED) is 0.255. The molecule has 2 aromatic carbocycles. The Morgan fingerprint density at radius 3 is 2.41 bits per heavy atom. The molecule has 2 N–H and O–H groups in total. The number of benzene rings is 2. The van der Waals surface area contributed by atoms with E-state index in [0.29, 0.717) is 19.8 Å². The summed E-state index contributed by atoms with van der Waals surface area (Å²) in [6.07, 6.45) is 2.51. The fourth-order valence-electron chi connectivity index (χ4n) is 2.86. The lowest BCUT2D eigenvalue weighted by molar-refractivity contribution is 0.107. The molecule has 3 aromatic rings. The van der Waals surface area contributed by atoms with Gasteiger partial charge in [0.1, 0.15) is 5.76 Å². The number of halogens is 1. The molecular weight excluding hydrogens is 477 g/mol. The van der Waals surface area contributed by atoms with Crippen LogP contribution in [0.1, 0.15) is 22.5 Å². The molecule has 0 unspecified atom stereocenters. The molecule has 0 aliphatic heterocycles. The van der Waals surface area contributed by atoms with Gasteiger partial charge < -0.3 is 19.8 Å². The molecule has 154 valence electrons. The van der Waals surface area contributed by atoms with E-state index in [2.05, 4.69) is 52.0 Å². The number of guanidine groups is 1. The minimum Gasteiger partial charge on any atom is -0.469 e. The molecular formula is C23H28IN3O2. The highest BCUT2D eigenvalue weighted by Crippen LogP contribution is 2.09. The average molecular weight is 505 g/mol. The number of hydrogen-bond donors (Lipinski definition) is 2. The van der Waals surface area contributed by atoms with Gasteiger partial charge in [-0.05, 0) is 28.8 Å². The second kappa shape index (κ2) is 13.0. The first-order valence-electron chi connectivity index (χ1n) is 9.50. The van der Waals surface area contributed by atoms with E-state index in [1.807, 2.05) is 30.3 Å². The molecule has 0 atom stereocenters. The van der Waals surface area contributed by atoms with Crippen molar-refractivity contribution < 1.29 is 9.15 Å². The topological polar surface area (TPSA) is 58.8 Å². The zero-order chi connectivity index (χ0) is 19.4. The standard InChI is InChI=1S/C23H27N3O2.HI/c1-24-23(25-13-12-22-11-6-14-28-22)26-16-20-9-5-10-21(15-20)18-27-17-19-7-3-2-4-8-19;/h2-11,14-15H,12-13,16-18H2,1H3,(H2,24,25,26);1H. The predicted octanol–water partition coefficient (Wildman–Crippen LogP) is 4.52. The molecule has 29 heavy (non-hydrogen) atoms. The fraction of sp³-hybridized carbons (Fsp3) is 0.261. The van der Waals surface area contributed by atoms with Gasteiger partial charge in [0.2, 0.25) is 0 Å². The largest absolute Gasteiger partial charge is 0.469 e. The summed E-state index contributed by atoms with van der Waals surface area (Å²) in [7, 11) is 1.77. The summed E-state index contributed by atoms with van der Waals surface area (Å²) in [4.78, 5) is 4.27. The van der Waals surface area contributed by atoms with Gasteiger partial charge in [-0.2, -0.15) is 0 Å². The van der Waals surface area contributed by atoms with E-state index in [4.69, 9.17) is 9.15 Å². The Bertz CT molecular complexity index is 852. The molecule has 0 aliphatic carbocycles. The summed E-state index contributed by atoms with van der Waals surface area (Å²) in [6, 6.07) is 22.5. The van der Waals surface area contributed by atoms with Crippen LogP contribution in [-0.2, 0) is 30.9 Å². The van der Waals surface area contributed by atoms with Crippen LogP contribution < -0.4 is 10.6 Å². The second-order valence-corrected chi connectivity index (χ2v) is 6.48. The Hall–Kier alpha value is -2.32. The van der Waals surface area contributed by atoms with Crippen molar-refractivity contribution in [2.24, 2.45) is 4.99 Å². The molecule has 6 heteroatoms. The lowest BCUT2D eigenvalue weighted by atomic mass is 10.1. The van der Waals surface area contributed by atoms with E-state index >= 15 is 0 Å². The van der Waals surface area contributed by atoms with Gasteiger partial charge in [0.25, 0.3) is 0 Å². The normalized spacial score (nSPS) is 11.0. The third-order valence-corrected chi connectivity index (χ3v) is 4.30. The van der Waals surface area contributed by atoms with E-state index in [0.717, 1.165) is 30.2 Å². The smallest absolute Gasteiger partial charge is 0.191 e. The van der Waals surface area contributed by atoms with Gasteiger partial charge in [-0.1, -0.05) is 54.6 Å². The third kappa shape index (κ3) is 8.29.